The molecule has 160 valence electrons. The highest BCUT2D eigenvalue weighted by Crippen LogP contribution is 2.61. The summed E-state index contributed by atoms with van der Waals surface area (Å²) in [5.74, 6) is 3.05. The van der Waals surface area contributed by atoms with Crippen molar-refractivity contribution in [2.75, 3.05) is 32.8 Å². The van der Waals surface area contributed by atoms with Gasteiger partial charge in [0.2, 0.25) is 0 Å². The zero-order chi connectivity index (χ0) is 19.7. The number of aliphatic hydroxyl groups excluding tert-OH is 1. The second-order valence-corrected chi connectivity index (χ2v) is 11.2. The number of hydrogen-bond donors (Lipinski definition) is 1. The summed E-state index contributed by atoms with van der Waals surface area (Å²) in [6.45, 7) is 5.64. The van der Waals surface area contributed by atoms with Gasteiger partial charge in [0.25, 0.3) is 0 Å². The molecule has 1 atom stereocenters. The molecule has 0 unspecified atom stereocenters. The first-order valence-corrected chi connectivity index (χ1v) is 12.3. The van der Waals surface area contributed by atoms with Crippen LogP contribution in [-0.4, -0.2) is 48.5 Å². The molecule has 4 bridgehead atoms. The highest BCUT2D eigenvalue weighted by molar-refractivity contribution is 5.13. The van der Waals surface area contributed by atoms with Crippen LogP contribution in [0.3, 0.4) is 0 Å². The van der Waals surface area contributed by atoms with E-state index in [4.69, 9.17) is 4.74 Å². The molecule has 0 radical (unpaired) electrons. The summed E-state index contributed by atoms with van der Waals surface area (Å²) in [5.41, 5.74) is 1.99. The van der Waals surface area contributed by atoms with E-state index in [9.17, 15) is 5.11 Å². The molecule has 4 aliphatic carbocycles. The molecule has 29 heavy (non-hydrogen) atoms. The van der Waals surface area contributed by atoms with Crippen molar-refractivity contribution in [1.29, 1.82) is 0 Å². The number of rotatable bonds is 9. The van der Waals surface area contributed by atoms with Crippen LogP contribution in [0.2, 0.25) is 0 Å². The Bertz CT molecular complexity index is 631. The first-order chi connectivity index (χ1) is 14.1. The molecule has 6 rings (SSSR count). The topological polar surface area (TPSA) is 29.5 Å². The minimum Gasteiger partial charge on any atom is -0.385 e. The van der Waals surface area contributed by atoms with Crippen LogP contribution >= 0.6 is 0 Å². The van der Waals surface area contributed by atoms with Gasteiger partial charge >= 0.3 is 0 Å². The molecule has 4 saturated carbocycles. The van der Waals surface area contributed by atoms with E-state index in [0.717, 1.165) is 41.9 Å². The number of nitrogens with zero attached hydrogens (tertiary/aromatic N) is 1. The van der Waals surface area contributed by atoms with Gasteiger partial charge < -0.3 is 14.3 Å². The zero-order valence-corrected chi connectivity index (χ0v) is 18.1. The van der Waals surface area contributed by atoms with E-state index in [2.05, 4.69) is 30.3 Å². The Hall–Kier alpha value is -0.900. The van der Waals surface area contributed by atoms with Gasteiger partial charge in [-0.05, 0) is 68.1 Å². The van der Waals surface area contributed by atoms with E-state index in [1.165, 1.54) is 76.4 Å². The Morgan fingerprint density at radius 2 is 1.59 bits per heavy atom. The molecule has 1 aromatic carbocycles. The Kier molecular flexibility index (Phi) is 5.75. The van der Waals surface area contributed by atoms with Crippen LogP contribution in [0.5, 0.6) is 0 Å². The lowest BCUT2D eigenvalue weighted by Crippen LogP contribution is -2.50. The predicted molar refractivity (Wildman–Crippen MR) is 116 cm³/mol. The van der Waals surface area contributed by atoms with E-state index in [1.807, 2.05) is 0 Å². The third kappa shape index (κ3) is 4.57. The summed E-state index contributed by atoms with van der Waals surface area (Å²) in [5, 5.41) is 10.8. The maximum absolute atomic E-state index is 10.8. The molecule has 1 saturated heterocycles. The van der Waals surface area contributed by atoms with Crippen molar-refractivity contribution in [1.82, 2.24) is 0 Å². The number of benzene rings is 1. The molecule has 3 nitrogen and oxygen atoms in total. The molecule has 3 heteroatoms. The largest absolute Gasteiger partial charge is 0.385 e. The van der Waals surface area contributed by atoms with Gasteiger partial charge in [0.15, 0.2) is 0 Å². The van der Waals surface area contributed by atoms with Gasteiger partial charge in [0.1, 0.15) is 19.2 Å². The molecule has 1 aliphatic heterocycles. The first kappa shape index (κ1) is 20.0. The summed E-state index contributed by atoms with van der Waals surface area (Å²) in [6.07, 6.45) is 12.4. The maximum Gasteiger partial charge on any atom is 0.126 e. The smallest absolute Gasteiger partial charge is 0.126 e. The predicted octanol–water partition coefficient (Wildman–Crippen LogP) is 4.78. The van der Waals surface area contributed by atoms with Gasteiger partial charge in [-0.2, -0.15) is 0 Å². The van der Waals surface area contributed by atoms with Crippen LogP contribution < -0.4 is 0 Å². The molecular formula is C26H40NO2+. The number of quaternary nitrogens is 1. The Labute approximate surface area is 177 Å². The summed E-state index contributed by atoms with van der Waals surface area (Å²) in [4.78, 5) is 0. The highest BCUT2D eigenvalue weighted by Gasteiger charge is 2.50. The fourth-order valence-electron chi connectivity index (χ4n) is 7.99. The standard InChI is InChI=1S/C26H40NO2/c28-25(19-27(9-4-5-10-27)18-21-6-2-1-3-7-21)20-29-11-8-26-15-22-12-23(16-26)14-24(13-22)17-26/h1-3,6-7,22-25,28H,4-5,8-20H2/q+1/t22?,23?,24?,25-,26?/m0/s1. The number of ether oxygens (including phenoxy) is 1. The molecular weight excluding hydrogens is 358 g/mol. The van der Waals surface area contributed by atoms with Gasteiger partial charge in [0, 0.05) is 25.0 Å². The van der Waals surface area contributed by atoms with Gasteiger partial charge in [-0.15, -0.1) is 0 Å². The summed E-state index contributed by atoms with van der Waals surface area (Å²) < 4.78 is 7.11. The number of hydrogen-bond acceptors (Lipinski definition) is 2. The van der Waals surface area contributed by atoms with Gasteiger partial charge in [-0.25, -0.2) is 0 Å². The Morgan fingerprint density at radius 1 is 0.966 bits per heavy atom. The van der Waals surface area contributed by atoms with E-state index >= 15 is 0 Å². The quantitative estimate of drug-likeness (QED) is 0.479. The third-order valence-electron chi connectivity index (χ3n) is 8.73. The van der Waals surface area contributed by atoms with Crippen molar-refractivity contribution in [3.8, 4) is 0 Å². The normalized spacial score (nSPS) is 35.8. The van der Waals surface area contributed by atoms with Crippen molar-refractivity contribution in [2.45, 2.75) is 70.4 Å². The van der Waals surface area contributed by atoms with Crippen molar-refractivity contribution in [3.05, 3.63) is 35.9 Å². The van der Waals surface area contributed by atoms with Crippen molar-refractivity contribution in [3.63, 3.8) is 0 Å². The van der Waals surface area contributed by atoms with Gasteiger partial charge in [-0.3, -0.25) is 0 Å². The lowest BCUT2D eigenvalue weighted by molar-refractivity contribution is -0.932. The fourth-order valence-corrected chi connectivity index (χ4v) is 7.99. The second kappa shape index (κ2) is 8.32. The van der Waals surface area contributed by atoms with E-state index in [0.29, 0.717) is 12.0 Å². The zero-order valence-electron chi connectivity index (χ0n) is 18.1. The van der Waals surface area contributed by atoms with E-state index in [-0.39, 0.29) is 6.10 Å². The highest BCUT2D eigenvalue weighted by atomic mass is 16.5. The number of likely N-dealkylation sites (tertiary alicyclic amines) is 1. The summed E-state index contributed by atoms with van der Waals surface area (Å²) >= 11 is 0. The Balaban J connectivity index is 1.09. The SMILES string of the molecule is O[C@H](COCCC12CC3CC(CC(C3)C1)C2)C[N+]1(Cc2ccccc2)CCCC1. The molecule has 0 aromatic heterocycles. The first-order valence-electron chi connectivity index (χ1n) is 12.3. The van der Waals surface area contributed by atoms with Crippen LogP contribution in [0.1, 0.15) is 63.4 Å². The van der Waals surface area contributed by atoms with Crippen LogP contribution in [0.4, 0.5) is 0 Å². The summed E-state index contributed by atoms with van der Waals surface area (Å²) in [7, 11) is 0. The minimum atomic E-state index is -0.340. The average molecular weight is 399 g/mol. The van der Waals surface area contributed by atoms with Crippen molar-refractivity contribution in [2.24, 2.45) is 23.2 Å². The lowest BCUT2D eigenvalue weighted by atomic mass is 9.49. The maximum atomic E-state index is 10.8. The van der Waals surface area contributed by atoms with Crippen LogP contribution in [0.25, 0.3) is 0 Å². The van der Waals surface area contributed by atoms with Crippen molar-refractivity contribution >= 4 is 0 Å². The lowest BCUT2D eigenvalue weighted by Gasteiger charge is -2.57. The molecule has 0 spiro atoms. The molecule has 1 N–H and O–H groups in total. The molecule has 5 fully saturated rings. The third-order valence-corrected chi connectivity index (χ3v) is 8.73. The minimum absolute atomic E-state index is 0.340. The molecule has 5 aliphatic rings. The van der Waals surface area contributed by atoms with Crippen LogP contribution in [0.15, 0.2) is 30.3 Å². The van der Waals surface area contributed by atoms with E-state index < -0.39 is 0 Å². The molecule has 1 heterocycles. The Morgan fingerprint density at radius 3 is 2.21 bits per heavy atom. The van der Waals surface area contributed by atoms with Crippen molar-refractivity contribution < 1.29 is 14.3 Å². The van der Waals surface area contributed by atoms with Crippen LogP contribution in [0, 0.1) is 23.2 Å². The number of aliphatic hydroxyl groups is 1. The van der Waals surface area contributed by atoms with E-state index in [1.54, 1.807) is 0 Å². The molecule has 1 aromatic rings. The fraction of sp³-hybridized carbons (Fsp3) is 0.769. The molecule has 0 amide bonds. The second-order valence-electron chi connectivity index (χ2n) is 11.2. The van der Waals surface area contributed by atoms with Gasteiger partial charge in [0.05, 0.1) is 19.7 Å². The van der Waals surface area contributed by atoms with Crippen LogP contribution in [-0.2, 0) is 11.3 Å². The summed E-state index contributed by atoms with van der Waals surface area (Å²) in [6, 6.07) is 10.8. The average Bonchev–Trinajstić information content (AvgIpc) is 3.13. The van der Waals surface area contributed by atoms with Gasteiger partial charge in [-0.1, -0.05) is 30.3 Å². The monoisotopic (exact) mass is 398 g/mol.